The van der Waals surface area contributed by atoms with Crippen LogP contribution in [0.15, 0.2) is 36.5 Å². The molecule has 0 aliphatic carbocycles. The third-order valence-corrected chi connectivity index (χ3v) is 3.32. The maximum Gasteiger partial charge on any atom is 0.339 e. The molecule has 2 rings (SSSR count). The van der Waals surface area contributed by atoms with E-state index >= 15 is 0 Å². The van der Waals surface area contributed by atoms with E-state index in [4.69, 9.17) is 9.47 Å². The van der Waals surface area contributed by atoms with Crippen molar-refractivity contribution >= 4 is 17.7 Å². The highest BCUT2D eigenvalue weighted by atomic mass is 16.5. The van der Waals surface area contributed by atoms with Crippen molar-refractivity contribution in [2.75, 3.05) is 26.1 Å². The first-order valence-electron chi connectivity index (χ1n) is 7.78. The molecule has 0 fully saturated rings. The number of aromatic hydroxyl groups is 1. The summed E-state index contributed by atoms with van der Waals surface area (Å²) in [6.07, 6.45) is 1.05. The first-order valence-corrected chi connectivity index (χ1v) is 7.78. The number of esters is 1. The van der Waals surface area contributed by atoms with Crippen LogP contribution in [0.5, 0.6) is 11.5 Å². The second kappa shape index (κ2) is 8.82. The lowest BCUT2D eigenvalue weighted by atomic mass is 10.2. The number of hydrogen-bond donors (Lipinski definition) is 2. The van der Waals surface area contributed by atoms with E-state index in [1.807, 2.05) is 0 Å². The normalized spacial score (nSPS) is 11.5. The molecule has 1 aromatic heterocycles. The minimum Gasteiger partial charge on any atom is -0.508 e. The smallest absolute Gasteiger partial charge is 0.339 e. The summed E-state index contributed by atoms with van der Waals surface area (Å²) >= 11 is 0. The summed E-state index contributed by atoms with van der Waals surface area (Å²) < 4.78 is 15.2. The largest absolute Gasteiger partial charge is 0.508 e. The average molecular weight is 360 g/mol. The fraction of sp³-hybridized carbons (Fsp3) is 0.278. The molecule has 2 N–H and O–H groups in total. The Hall–Kier alpha value is -3.13. The molecule has 0 radical (unpaired) electrons. The van der Waals surface area contributed by atoms with E-state index in [-0.39, 0.29) is 28.8 Å². The van der Waals surface area contributed by atoms with Crippen molar-refractivity contribution < 1.29 is 28.9 Å². The average Bonchev–Trinajstić information content (AvgIpc) is 2.61. The topological polar surface area (TPSA) is 107 Å². The summed E-state index contributed by atoms with van der Waals surface area (Å²) in [5, 5.41) is 12.4. The van der Waals surface area contributed by atoms with Crippen molar-refractivity contribution in [3.63, 3.8) is 0 Å². The molecule has 0 aliphatic heterocycles. The van der Waals surface area contributed by atoms with Crippen LogP contribution < -0.4 is 10.1 Å². The van der Waals surface area contributed by atoms with Crippen LogP contribution in [0.3, 0.4) is 0 Å². The van der Waals surface area contributed by atoms with E-state index in [1.54, 1.807) is 14.0 Å². The number of pyridine rings is 1. The summed E-state index contributed by atoms with van der Waals surface area (Å²) in [4.78, 5) is 27.7. The molecular formula is C18H20N2O6. The molecule has 26 heavy (non-hydrogen) atoms. The van der Waals surface area contributed by atoms with Crippen LogP contribution in [0, 0.1) is 0 Å². The van der Waals surface area contributed by atoms with Crippen molar-refractivity contribution in [1.82, 2.24) is 4.98 Å². The van der Waals surface area contributed by atoms with Crippen molar-refractivity contribution in [2.45, 2.75) is 13.0 Å². The molecule has 8 nitrogen and oxygen atoms in total. The van der Waals surface area contributed by atoms with Gasteiger partial charge in [0.05, 0.1) is 19.3 Å². The van der Waals surface area contributed by atoms with Crippen LogP contribution in [0.1, 0.15) is 27.6 Å². The maximum absolute atomic E-state index is 12.4. The molecular weight excluding hydrogens is 340 g/mol. The predicted molar refractivity (Wildman–Crippen MR) is 93.6 cm³/mol. The molecule has 0 saturated carbocycles. The van der Waals surface area contributed by atoms with Crippen LogP contribution in [0.4, 0.5) is 5.82 Å². The first-order chi connectivity index (χ1) is 12.4. The molecule has 8 heteroatoms. The molecule has 2 aromatic rings. The Labute approximate surface area is 150 Å². The molecule has 138 valence electrons. The Balaban J connectivity index is 2.11. The zero-order valence-corrected chi connectivity index (χ0v) is 14.7. The quantitative estimate of drug-likeness (QED) is 0.729. The van der Waals surface area contributed by atoms with Crippen LogP contribution in [-0.2, 0) is 9.47 Å². The molecule has 1 unspecified atom stereocenters. The standard InChI is InChI=1S/C18H20N2O6/c1-11(10-24-2)26-15-7-13(6-14(21)8-15)17(22)20-16-5-4-12(9-19-16)18(23)25-3/h4-9,11,21H,10H2,1-3H3,(H,19,20,22). The molecule has 0 spiro atoms. The van der Waals surface area contributed by atoms with E-state index in [2.05, 4.69) is 15.0 Å². The van der Waals surface area contributed by atoms with E-state index in [9.17, 15) is 14.7 Å². The highest BCUT2D eigenvalue weighted by Crippen LogP contribution is 2.23. The number of nitrogens with zero attached hydrogens (tertiary/aromatic N) is 1. The first kappa shape index (κ1) is 19.2. The lowest BCUT2D eigenvalue weighted by Crippen LogP contribution is -2.18. The second-order valence-electron chi connectivity index (χ2n) is 5.48. The van der Waals surface area contributed by atoms with E-state index in [0.29, 0.717) is 12.4 Å². The van der Waals surface area contributed by atoms with Gasteiger partial charge in [-0.05, 0) is 31.2 Å². The second-order valence-corrected chi connectivity index (χ2v) is 5.48. The van der Waals surface area contributed by atoms with E-state index in [1.165, 1.54) is 43.6 Å². The van der Waals surface area contributed by atoms with Gasteiger partial charge in [-0.15, -0.1) is 0 Å². The lowest BCUT2D eigenvalue weighted by Gasteiger charge is -2.15. The highest BCUT2D eigenvalue weighted by Gasteiger charge is 2.13. The number of carbonyl (C=O) groups excluding carboxylic acids is 2. The highest BCUT2D eigenvalue weighted by molar-refractivity contribution is 6.04. The number of rotatable bonds is 7. The number of amides is 1. The van der Waals surface area contributed by atoms with Crippen molar-refractivity contribution in [2.24, 2.45) is 0 Å². The van der Waals surface area contributed by atoms with Gasteiger partial charge in [-0.1, -0.05) is 0 Å². The Morgan fingerprint density at radius 3 is 2.58 bits per heavy atom. The fourth-order valence-electron chi connectivity index (χ4n) is 2.18. The molecule has 1 heterocycles. The molecule has 1 atom stereocenters. The molecule has 1 amide bonds. The maximum atomic E-state index is 12.4. The number of phenols is 1. The number of aromatic nitrogens is 1. The third-order valence-electron chi connectivity index (χ3n) is 3.32. The lowest BCUT2D eigenvalue weighted by molar-refractivity contribution is 0.0600. The van der Waals surface area contributed by atoms with Gasteiger partial charge in [0.1, 0.15) is 23.4 Å². The van der Waals surface area contributed by atoms with Gasteiger partial charge in [-0.25, -0.2) is 9.78 Å². The van der Waals surface area contributed by atoms with Crippen LogP contribution in [0.2, 0.25) is 0 Å². The van der Waals surface area contributed by atoms with Gasteiger partial charge in [-0.2, -0.15) is 0 Å². The SMILES string of the molecule is COCC(C)Oc1cc(O)cc(C(=O)Nc2ccc(C(=O)OC)cn2)c1. The summed E-state index contributed by atoms with van der Waals surface area (Å²) in [5.41, 5.74) is 0.467. The zero-order valence-electron chi connectivity index (χ0n) is 14.7. The predicted octanol–water partition coefficient (Wildman–Crippen LogP) is 2.24. The molecule has 0 aliphatic rings. The Bertz CT molecular complexity index is 776. The monoisotopic (exact) mass is 360 g/mol. The van der Waals surface area contributed by atoms with Gasteiger partial charge in [0, 0.05) is 24.9 Å². The third kappa shape index (κ3) is 5.18. The van der Waals surface area contributed by atoms with E-state index < -0.39 is 11.9 Å². The number of hydrogen-bond acceptors (Lipinski definition) is 7. The van der Waals surface area contributed by atoms with E-state index in [0.717, 1.165) is 0 Å². The van der Waals surface area contributed by atoms with Crippen molar-refractivity contribution in [3.8, 4) is 11.5 Å². The van der Waals surface area contributed by atoms with Gasteiger partial charge in [0.15, 0.2) is 0 Å². The summed E-state index contributed by atoms with van der Waals surface area (Å²) in [6.45, 7) is 2.17. The minimum absolute atomic E-state index is 0.105. The van der Waals surface area contributed by atoms with Gasteiger partial charge >= 0.3 is 5.97 Å². The van der Waals surface area contributed by atoms with Crippen molar-refractivity contribution in [1.29, 1.82) is 0 Å². The van der Waals surface area contributed by atoms with Gasteiger partial charge in [0.2, 0.25) is 0 Å². The van der Waals surface area contributed by atoms with Gasteiger partial charge in [0.25, 0.3) is 5.91 Å². The fourth-order valence-corrected chi connectivity index (χ4v) is 2.18. The van der Waals surface area contributed by atoms with Crippen LogP contribution in [-0.4, -0.2) is 48.9 Å². The number of methoxy groups -OCH3 is 2. The number of carbonyl (C=O) groups is 2. The van der Waals surface area contributed by atoms with Gasteiger partial charge in [-0.3, -0.25) is 4.79 Å². The number of phenolic OH excluding ortho intramolecular Hbond substituents is 1. The Morgan fingerprint density at radius 2 is 1.96 bits per heavy atom. The minimum atomic E-state index is -0.518. The molecule has 0 bridgehead atoms. The molecule has 1 aromatic carbocycles. The number of anilines is 1. The van der Waals surface area contributed by atoms with Gasteiger partial charge < -0.3 is 24.6 Å². The van der Waals surface area contributed by atoms with Crippen molar-refractivity contribution in [3.05, 3.63) is 47.7 Å². The summed E-state index contributed by atoms with van der Waals surface area (Å²) in [6, 6.07) is 7.19. The Kier molecular flexibility index (Phi) is 6.51. The summed E-state index contributed by atoms with van der Waals surface area (Å²) in [7, 11) is 2.83. The number of nitrogens with one attached hydrogen (secondary N) is 1. The number of benzene rings is 1. The Morgan fingerprint density at radius 1 is 1.19 bits per heavy atom. The zero-order chi connectivity index (χ0) is 19.1. The summed E-state index contributed by atoms with van der Waals surface area (Å²) in [5.74, 6) is -0.514. The van der Waals surface area contributed by atoms with Crippen LogP contribution in [0.25, 0.3) is 0 Å². The van der Waals surface area contributed by atoms with Crippen LogP contribution >= 0.6 is 0 Å². The molecule has 0 saturated heterocycles. The number of ether oxygens (including phenoxy) is 3.